The van der Waals surface area contributed by atoms with E-state index in [1.807, 2.05) is 27.7 Å². The van der Waals surface area contributed by atoms with Crippen molar-refractivity contribution in [2.45, 2.75) is 65.5 Å². The fourth-order valence-corrected chi connectivity index (χ4v) is 2.35. The van der Waals surface area contributed by atoms with E-state index >= 15 is 0 Å². The summed E-state index contributed by atoms with van der Waals surface area (Å²) in [6.07, 6.45) is 4.86. The predicted octanol–water partition coefficient (Wildman–Crippen LogP) is 2.74. The molecule has 1 atom stereocenters. The highest BCUT2D eigenvalue weighted by atomic mass is 16.5. The molecule has 0 aliphatic heterocycles. The number of amides is 1. The second kappa shape index (κ2) is 7.00. The first-order valence-corrected chi connectivity index (χ1v) is 6.92. The summed E-state index contributed by atoms with van der Waals surface area (Å²) in [5, 5.41) is 2.94. The van der Waals surface area contributed by atoms with Gasteiger partial charge in [0, 0.05) is 6.04 Å². The van der Waals surface area contributed by atoms with Crippen LogP contribution in [0.5, 0.6) is 0 Å². The van der Waals surface area contributed by atoms with E-state index in [-0.39, 0.29) is 24.0 Å². The van der Waals surface area contributed by atoms with Crippen molar-refractivity contribution in [3.63, 3.8) is 0 Å². The van der Waals surface area contributed by atoms with E-state index in [1.54, 1.807) is 0 Å². The Morgan fingerprint density at radius 3 is 2.29 bits per heavy atom. The number of hydrogen-bond acceptors (Lipinski definition) is 2. The standard InChI is InChI=1S/C14H27NO2/c1-10(2)13(14(16)15-11(3)4)17-9-12-7-5-6-8-12/h10-13H,5-9H2,1-4H3,(H,15,16). The molecule has 3 nitrogen and oxygen atoms in total. The van der Waals surface area contributed by atoms with Crippen molar-refractivity contribution >= 4 is 5.91 Å². The lowest BCUT2D eigenvalue weighted by atomic mass is 10.1. The molecule has 3 heteroatoms. The summed E-state index contributed by atoms with van der Waals surface area (Å²) >= 11 is 0. The minimum atomic E-state index is -0.294. The molecule has 0 aromatic rings. The van der Waals surface area contributed by atoms with Crippen molar-refractivity contribution in [1.29, 1.82) is 0 Å². The quantitative estimate of drug-likeness (QED) is 0.776. The highest BCUT2D eigenvalue weighted by Crippen LogP contribution is 2.25. The molecule has 1 saturated carbocycles. The molecule has 1 N–H and O–H groups in total. The molecule has 0 aromatic heterocycles. The molecule has 1 amide bonds. The fraction of sp³-hybridized carbons (Fsp3) is 0.929. The summed E-state index contributed by atoms with van der Waals surface area (Å²) in [7, 11) is 0. The Kier molecular flexibility index (Phi) is 5.96. The van der Waals surface area contributed by atoms with Crippen molar-refractivity contribution in [3.05, 3.63) is 0 Å². The van der Waals surface area contributed by atoms with Crippen LogP contribution in [0.4, 0.5) is 0 Å². The molecular weight excluding hydrogens is 214 g/mol. The zero-order valence-electron chi connectivity index (χ0n) is 11.7. The van der Waals surface area contributed by atoms with Crippen molar-refractivity contribution < 1.29 is 9.53 Å². The highest BCUT2D eigenvalue weighted by molar-refractivity contribution is 5.81. The van der Waals surface area contributed by atoms with E-state index in [1.165, 1.54) is 25.7 Å². The summed E-state index contributed by atoms with van der Waals surface area (Å²) in [4.78, 5) is 12.0. The number of ether oxygens (including phenoxy) is 1. The van der Waals surface area contributed by atoms with E-state index in [9.17, 15) is 4.79 Å². The van der Waals surface area contributed by atoms with Gasteiger partial charge in [0.2, 0.25) is 5.91 Å². The highest BCUT2D eigenvalue weighted by Gasteiger charge is 2.25. The second-order valence-electron chi connectivity index (χ2n) is 5.81. The summed E-state index contributed by atoms with van der Waals surface area (Å²) in [6, 6.07) is 0.179. The van der Waals surface area contributed by atoms with Gasteiger partial charge in [0.15, 0.2) is 0 Å². The maximum absolute atomic E-state index is 12.0. The molecular formula is C14H27NO2. The molecule has 1 rings (SSSR count). The first-order chi connectivity index (χ1) is 8.00. The minimum Gasteiger partial charge on any atom is -0.368 e. The van der Waals surface area contributed by atoms with Crippen LogP contribution >= 0.6 is 0 Å². The van der Waals surface area contributed by atoms with Crippen LogP contribution in [0.2, 0.25) is 0 Å². The SMILES string of the molecule is CC(C)NC(=O)C(OCC1CCCC1)C(C)C. The Bertz CT molecular complexity index is 232. The van der Waals surface area contributed by atoms with Gasteiger partial charge in [0.1, 0.15) is 6.10 Å². The molecule has 1 fully saturated rings. The Balaban J connectivity index is 2.39. The van der Waals surface area contributed by atoms with E-state index in [2.05, 4.69) is 5.32 Å². The normalized spacial score (nSPS) is 18.9. The van der Waals surface area contributed by atoms with Gasteiger partial charge in [-0.2, -0.15) is 0 Å². The van der Waals surface area contributed by atoms with E-state index in [0.717, 1.165) is 6.61 Å². The Hall–Kier alpha value is -0.570. The van der Waals surface area contributed by atoms with E-state index in [4.69, 9.17) is 4.74 Å². The largest absolute Gasteiger partial charge is 0.368 e. The average Bonchev–Trinajstić information content (AvgIpc) is 2.68. The van der Waals surface area contributed by atoms with Gasteiger partial charge in [0.05, 0.1) is 6.61 Å². The first-order valence-electron chi connectivity index (χ1n) is 6.92. The van der Waals surface area contributed by atoms with Crippen LogP contribution in [-0.2, 0) is 9.53 Å². The lowest BCUT2D eigenvalue weighted by molar-refractivity contribution is -0.137. The molecule has 100 valence electrons. The Labute approximate surface area is 105 Å². The Morgan fingerprint density at radius 1 is 1.24 bits per heavy atom. The van der Waals surface area contributed by atoms with Crippen molar-refractivity contribution in [1.82, 2.24) is 5.32 Å². The van der Waals surface area contributed by atoms with Gasteiger partial charge < -0.3 is 10.1 Å². The third-order valence-corrected chi connectivity index (χ3v) is 3.28. The van der Waals surface area contributed by atoms with Crippen LogP contribution in [0.15, 0.2) is 0 Å². The van der Waals surface area contributed by atoms with Gasteiger partial charge in [-0.25, -0.2) is 0 Å². The van der Waals surface area contributed by atoms with Gasteiger partial charge in [-0.15, -0.1) is 0 Å². The van der Waals surface area contributed by atoms with Gasteiger partial charge in [-0.1, -0.05) is 26.7 Å². The van der Waals surface area contributed by atoms with Gasteiger partial charge >= 0.3 is 0 Å². The third kappa shape index (κ3) is 5.07. The first kappa shape index (κ1) is 14.5. The average molecular weight is 241 g/mol. The van der Waals surface area contributed by atoms with Crippen LogP contribution in [0.1, 0.15) is 53.4 Å². The fourth-order valence-electron chi connectivity index (χ4n) is 2.35. The summed E-state index contributed by atoms with van der Waals surface area (Å²) in [5.74, 6) is 0.936. The van der Waals surface area contributed by atoms with Crippen molar-refractivity contribution in [2.75, 3.05) is 6.61 Å². The predicted molar refractivity (Wildman–Crippen MR) is 69.8 cm³/mol. The third-order valence-electron chi connectivity index (χ3n) is 3.28. The number of nitrogens with one attached hydrogen (secondary N) is 1. The smallest absolute Gasteiger partial charge is 0.249 e. The lowest BCUT2D eigenvalue weighted by Gasteiger charge is -2.23. The topological polar surface area (TPSA) is 38.3 Å². The maximum Gasteiger partial charge on any atom is 0.249 e. The van der Waals surface area contributed by atoms with Crippen molar-refractivity contribution in [2.24, 2.45) is 11.8 Å². The van der Waals surface area contributed by atoms with Gasteiger partial charge in [0.25, 0.3) is 0 Å². The molecule has 0 bridgehead atoms. The molecule has 1 unspecified atom stereocenters. The van der Waals surface area contributed by atoms with Gasteiger partial charge in [-0.3, -0.25) is 4.79 Å². The molecule has 0 spiro atoms. The zero-order valence-corrected chi connectivity index (χ0v) is 11.7. The molecule has 1 aliphatic rings. The van der Waals surface area contributed by atoms with Gasteiger partial charge in [-0.05, 0) is 38.5 Å². The Morgan fingerprint density at radius 2 is 1.82 bits per heavy atom. The zero-order chi connectivity index (χ0) is 12.8. The molecule has 0 aromatic carbocycles. The second-order valence-corrected chi connectivity index (χ2v) is 5.81. The van der Waals surface area contributed by atoms with Crippen LogP contribution in [0, 0.1) is 11.8 Å². The molecule has 0 radical (unpaired) electrons. The summed E-state index contributed by atoms with van der Waals surface area (Å²) in [5.41, 5.74) is 0. The summed E-state index contributed by atoms with van der Waals surface area (Å²) in [6.45, 7) is 8.78. The monoisotopic (exact) mass is 241 g/mol. The summed E-state index contributed by atoms with van der Waals surface area (Å²) < 4.78 is 5.84. The number of carbonyl (C=O) groups is 1. The number of rotatable bonds is 6. The molecule has 17 heavy (non-hydrogen) atoms. The van der Waals surface area contributed by atoms with Crippen LogP contribution < -0.4 is 5.32 Å². The maximum atomic E-state index is 12.0. The van der Waals surface area contributed by atoms with E-state index in [0.29, 0.717) is 5.92 Å². The van der Waals surface area contributed by atoms with Crippen molar-refractivity contribution in [3.8, 4) is 0 Å². The minimum absolute atomic E-state index is 0.0352. The number of carbonyl (C=O) groups excluding carboxylic acids is 1. The molecule has 0 heterocycles. The van der Waals surface area contributed by atoms with Crippen LogP contribution in [0.25, 0.3) is 0 Å². The molecule has 0 saturated heterocycles. The lowest BCUT2D eigenvalue weighted by Crippen LogP contribution is -2.43. The number of hydrogen-bond donors (Lipinski definition) is 1. The van der Waals surface area contributed by atoms with Crippen LogP contribution in [-0.4, -0.2) is 24.7 Å². The molecule has 1 aliphatic carbocycles. The van der Waals surface area contributed by atoms with Crippen LogP contribution in [0.3, 0.4) is 0 Å². The van der Waals surface area contributed by atoms with E-state index < -0.39 is 0 Å².